The maximum atomic E-state index is 13.1. The predicted molar refractivity (Wildman–Crippen MR) is 129 cm³/mol. The van der Waals surface area contributed by atoms with Crippen LogP contribution in [0.5, 0.6) is 0 Å². The van der Waals surface area contributed by atoms with Crippen LogP contribution in [0.15, 0.2) is 94.8 Å². The molecule has 1 aliphatic heterocycles. The first-order chi connectivity index (χ1) is 16.5. The molecule has 1 aromatic heterocycles. The Morgan fingerprint density at radius 3 is 2.21 bits per heavy atom. The SMILES string of the molecule is COC(=O)C1=C(C(=O)OC)N(c2ccc(-c3cccs3)cc2)C(N)=C(C#N)C1c1ccccc1. The maximum Gasteiger partial charge on any atom is 0.355 e. The van der Waals surface area contributed by atoms with Crippen LogP contribution in [-0.2, 0) is 19.1 Å². The van der Waals surface area contributed by atoms with Gasteiger partial charge in [0.2, 0.25) is 0 Å². The van der Waals surface area contributed by atoms with E-state index in [1.165, 1.54) is 19.1 Å². The molecule has 2 aromatic carbocycles. The minimum atomic E-state index is -0.894. The van der Waals surface area contributed by atoms with E-state index in [1.807, 2.05) is 35.7 Å². The van der Waals surface area contributed by atoms with Crippen molar-refractivity contribution in [3.8, 4) is 16.5 Å². The number of carbonyl (C=O) groups excluding carboxylic acids is 2. The highest BCUT2D eigenvalue weighted by atomic mass is 32.1. The quantitative estimate of drug-likeness (QED) is 0.553. The zero-order chi connectivity index (χ0) is 24.2. The Balaban J connectivity index is 1.96. The van der Waals surface area contributed by atoms with Crippen molar-refractivity contribution in [3.63, 3.8) is 0 Å². The van der Waals surface area contributed by atoms with Crippen molar-refractivity contribution in [1.29, 1.82) is 5.26 Å². The van der Waals surface area contributed by atoms with E-state index < -0.39 is 17.9 Å². The van der Waals surface area contributed by atoms with Crippen LogP contribution in [0, 0.1) is 11.3 Å². The number of carbonyl (C=O) groups is 2. The van der Waals surface area contributed by atoms with Crippen molar-refractivity contribution >= 4 is 29.0 Å². The molecule has 0 bridgehead atoms. The third kappa shape index (κ3) is 3.93. The largest absolute Gasteiger partial charge is 0.466 e. The van der Waals surface area contributed by atoms with E-state index >= 15 is 0 Å². The van der Waals surface area contributed by atoms with Crippen LogP contribution in [0.25, 0.3) is 10.4 Å². The molecule has 0 saturated carbocycles. The lowest BCUT2D eigenvalue weighted by Gasteiger charge is -2.35. The van der Waals surface area contributed by atoms with E-state index in [0.29, 0.717) is 11.3 Å². The number of nitriles is 1. The third-order valence-corrected chi connectivity index (χ3v) is 6.46. The van der Waals surface area contributed by atoms with Gasteiger partial charge in [-0.1, -0.05) is 48.5 Å². The van der Waals surface area contributed by atoms with Crippen LogP contribution < -0.4 is 10.6 Å². The van der Waals surface area contributed by atoms with Gasteiger partial charge in [-0.15, -0.1) is 11.3 Å². The van der Waals surface area contributed by atoms with Crippen molar-refractivity contribution in [2.24, 2.45) is 5.73 Å². The van der Waals surface area contributed by atoms with Crippen molar-refractivity contribution in [2.75, 3.05) is 19.1 Å². The summed E-state index contributed by atoms with van der Waals surface area (Å²) < 4.78 is 10.1. The summed E-state index contributed by atoms with van der Waals surface area (Å²) in [4.78, 5) is 28.6. The molecule has 170 valence electrons. The van der Waals surface area contributed by atoms with E-state index in [-0.39, 0.29) is 22.7 Å². The highest BCUT2D eigenvalue weighted by Gasteiger charge is 2.42. The molecule has 0 radical (unpaired) electrons. The van der Waals surface area contributed by atoms with E-state index in [4.69, 9.17) is 15.2 Å². The minimum absolute atomic E-state index is 0.0198. The summed E-state index contributed by atoms with van der Waals surface area (Å²) in [5.74, 6) is -2.39. The molecule has 4 rings (SSSR count). The average molecular weight is 472 g/mol. The first kappa shape index (κ1) is 22.8. The van der Waals surface area contributed by atoms with Crippen molar-refractivity contribution < 1.29 is 19.1 Å². The lowest BCUT2D eigenvalue weighted by atomic mass is 9.81. The second-order valence-corrected chi connectivity index (χ2v) is 8.31. The molecule has 34 heavy (non-hydrogen) atoms. The average Bonchev–Trinajstić information content (AvgIpc) is 3.42. The van der Waals surface area contributed by atoms with Crippen LogP contribution in [0.1, 0.15) is 11.5 Å². The smallest absolute Gasteiger partial charge is 0.355 e. The Bertz CT molecular complexity index is 1320. The number of allylic oxidation sites excluding steroid dienone is 1. The lowest BCUT2D eigenvalue weighted by molar-refractivity contribution is -0.139. The Labute approximate surface area is 200 Å². The number of thiophene rings is 1. The molecule has 1 atom stereocenters. The zero-order valence-electron chi connectivity index (χ0n) is 18.5. The number of hydrogen-bond acceptors (Lipinski definition) is 8. The molecular formula is C26H21N3O4S. The van der Waals surface area contributed by atoms with Crippen molar-refractivity contribution in [1.82, 2.24) is 0 Å². The second kappa shape index (κ2) is 9.65. The van der Waals surface area contributed by atoms with Gasteiger partial charge in [0, 0.05) is 10.6 Å². The van der Waals surface area contributed by atoms with E-state index in [9.17, 15) is 14.9 Å². The topological polar surface area (TPSA) is 106 Å². The van der Waals surface area contributed by atoms with Crippen molar-refractivity contribution in [2.45, 2.75) is 5.92 Å². The Morgan fingerprint density at radius 1 is 0.971 bits per heavy atom. The van der Waals surface area contributed by atoms with Gasteiger partial charge >= 0.3 is 11.9 Å². The van der Waals surface area contributed by atoms with Gasteiger partial charge in [-0.05, 0) is 34.7 Å². The van der Waals surface area contributed by atoms with Crippen LogP contribution in [-0.4, -0.2) is 26.2 Å². The third-order valence-electron chi connectivity index (χ3n) is 5.54. The number of benzene rings is 2. The van der Waals surface area contributed by atoms with Crippen LogP contribution in [0.3, 0.4) is 0 Å². The van der Waals surface area contributed by atoms with Gasteiger partial charge < -0.3 is 15.2 Å². The normalized spacial score (nSPS) is 15.7. The summed E-state index contributed by atoms with van der Waals surface area (Å²) >= 11 is 1.60. The summed E-state index contributed by atoms with van der Waals surface area (Å²) in [7, 11) is 2.44. The molecule has 2 N–H and O–H groups in total. The van der Waals surface area contributed by atoms with E-state index in [1.54, 1.807) is 47.7 Å². The van der Waals surface area contributed by atoms with Crippen molar-refractivity contribution in [3.05, 3.63) is 100 Å². The summed E-state index contributed by atoms with van der Waals surface area (Å²) in [6.45, 7) is 0. The monoisotopic (exact) mass is 471 g/mol. The Morgan fingerprint density at radius 2 is 1.65 bits per heavy atom. The molecule has 1 aliphatic rings. The lowest BCUT2D eigenvalue weighted by Crippen LogP contribution is -2.40. The first-order valence-electron chi connectivity index (χ1n) is 10.3. The highest BCUT2D eigenvalue weighted by Crippen LogP contribution is 2.43. The van der Waals surface area contributed by atoms with Gasteiger partial charge in [-0.25, -0.2) is 9.59 Å². The Hall–Kier alpha value is -4.35. The van der Waals surface area contributed by atoms with Gasteiger partial charge in [0.15, 0.2) is 0 Å². The fraction of sp³-hybridized carbons (Fsp3) is 0.115. The Kier molecular flexibility index (Phi) is 6.48. The molecule has 0 saturated heterocycles. The summed E-state index contributed by atoms with van der Waals surface area (Å²) in [6.07, 6.45) is 0. The van der Waals surface area contributed by atoms with E-state index in [0.717, 1.165) is 10.4 Å². The number of ether oxygens (including phenoxy) is 2. The van der Waals surface area contributed by atoms with Gasteiger partial charge in [-0.2, -0.15) is 5.26 Å². The standard InChI is InChI=1S/C26H21N3O4S/c1-32-25(30)22-21(17-7-4-3-5-8-17)19(15-27)24(28)29(23(22)26(31)33-2)18-12-10-16(11-13-18)20-9-6-14-34-20/h3-14,21H,28H2,1-2H3. The molecule has 8 heteroatoms. The molecule has 7 nitrogen and oxygen atoms in total. The van der Waals surface area contributed by atoms with Gasteiger partial charge in [0.25, 0.3) is 0 Å². The predicted octanol–water partition coefficient (Wildman–Crippen LogP) is 4.31. The number of methoxy groups -OCH3 is 2. The van der Waals surface area contributed by atoms with Crippen LogP contribution in [0.2, 0.25) is 0 Å². The fourth-order valence-corrected chi connectivity index (χ4v) is 4.73. The summed E-state index contributed by atoms with van der Waals surface area (Å²) in [5, 5.41) is 12.1. The molecule has 3 aromatic rings. The maximum absolute atomic E-state index is 13.1. The summed E-state index contributed by atoms with van der Waals surface area (Å²) in [6, 6.07) is 22.3. The molecule has 0 aliphatic carbocycles. The van der Waals surface area contributed by atoms with Crippen LogP contribution >= 0.6 is 11.3 Å². The number of rotatable bonds is 5. The number of esters is 2. The highest BCUT2D eigenvalue weighted by molar-refractivity contribution is 7.13. The van der Waals surface area contributed by atoms with E-state index in [2.05, 4.69) is 6.07 Å². The van der Waals surface area contributed by atoms with Gasteiger partial charge in [0.1, 0.15) is 11.5 Å². The fourth-order valence-electron chi connectivity index (χ4n) is 4.00. The minimum Gasteiger partial charge on any atom is -0.466 e. The number of anilines is 1. The molecular weight excluding hydrogens is 450 g/mol. The first-order valence-corrected chi connectivity index (χ1v) is 11.2. The van der Waals surface area contributed by atoms with Gasteiger partial charge in [0.05, 0.1) is 37.4 Å². The van der Waals surface area contributed by atoms with Crippen LogP contribution in [0.4, 0.5) is 5.69 Å². The molecule has 2 heterocycles. The number of hydrogen-bond donors (Lipinski definition) is 1. The molecule has 0 spiro atoms. The molecule has 0 amide bonds. The molecule has 0 fully saturated rings. The number of nitrogens with two attached hydrogens (primary N) is 1. The zero-order valence-corrected chi connectivity index (χ0v) is 19.3. The number of nitrogens with zero attached hydrogens (tertiary/aromatic N) is 2. The summed E-state index contributed by atoms with van der Waals surface area (Å²) in [5.41, 5.74) is 8.62. The van der Waals surface area contributed by atoms with Gasteiger partial charge in [-0.3, -0.25) is 4.90 Å². The second-order valence-electron chi connectivity index (χ2n) is 7.36. The molecule has 1 unspecified atom stereocenters.